The van der Waals surface area contributed by atoms with Crippen LogP contribution in [0.15, 0.2) is 36.5 Å². The van der Waals surface area contributed by atoms with E-state index in [0.717, 1.165) is 4.90 Å². The summed E-state index contributed by atoms with van der Waals surface area (Å²) in [5.41, 5.74) is 0.702. The smallest absolute Gasteiger partial charge is 0.338 e. The van der Waals surface area contributed by atoms with E-state index in [4.69, 9.17) is 0 Å². The Morgan fingerprint density at radius 2 is 1.90 bits per heavy atom. The number of hydrogen-bond acceptors (Lipinski definition) is 4. The van der Waals surface area contributed by atoms with E-state index >= 15 is 0 Å². The van der Waals surface area contributed by atoms with Crippen molar-refractivity contribution in [2.75, 3.05) is 4.90 Å². The summed E-state index contributed by atoms with van der Waals surface area (Å²) >= 11 is 0. The molecule has 0 unspecified atom stereocenters. The molecule has 0 radical (unpaired) electrons. The summed E-state index contributed by atoms with van der Waals surface area (Å²) in [4.78, 5) is 40.9. The largest absolute Gasteiger partial charge is 0.478 e. The van der Waals surface area contributed by atoms with Gasteiger partial charge in [0.1, 0.15) is 5.69 Å². The number of aryl methyl sites for hydroxylation is 1. The predicted octanol–water partition coefficient (Wildman–Crippen LogP) is 1.89. The molecule has 2 aromatic rings. The van der Waals surface area contributed by atoms with E-state index in [9.17, 15) is 19.5 Å². The molecule has 104 valence electrons. The zero-order valence-corrected chi connectivity index (χ0v) is 11.0. The first-order chi connectivity index (χ1) is 10.0. The zero-order chi connectivity index (χ0) is 15.1. The molecule has 1 aromatic heterocycles. The Labute approximate surface area is 119 Å². The number of nitrogens with zero attached hydrogens (tertiary/aromatic N) is 2. The Morgan fingerprint density at radius 3 is 2.57 bits per heavy atom. The monoisotopic (exact) mass is 282 g/mol. The van der Waals surface area contributed by atoms with Crippen LogP contribution in [0, 0.1) is 6.92 Å². The lowest BCUT2D eigenvalue weighted by molar-refractivity contribution is 0.0697. The molecule has 21 heavy (non-hydrogen) atoms. The van der Waals surface area contributed by atoms with Crippen LogP contribution in [0.2, 0.25) is 0 Å². The number of carbonyl (C=O) groups excluding carboxylic acids is 2. The minimum Gasteiger partial charge on any atom is -0.478 e. The van der Waals surface area contributed by atoms with Crippen LogP contribution in [0.25, 0.3) is 0 Å². The highest BCUT2D eigenvalue weighted by Gasteiger charge is 2.39. The van der Waals surface area contributed by atoms with Crippen molar-refractivity contribution in [2.45, 2.75) is 6.92 Å². The lowest BCUT2D eigenvalue weighted by Crippen LogP contribution is -2.31. The third-order valence-corrected chi connectivity index (χ3v) is 3.35. The molecule has 0 fully saturated rings. The van der Waals surface area contributed by atoms with Gasteiger partial charge in [0, 0.05) is 6.20 Å². The maximum atomic E-state index is 12.4. The molecule has 0 atom stereocenters. The molecule has 1 aliphatic rings. The number of fused-ring (bicyclic) bond motifs is 1. The van der Waals surface area contributed by atoms with Crippen molar-refractivity contribution < 1.29 is 19.5 Å². The summed E-state index contributed by atoms with van der Waals surface area (Å²) in [7, 11) is 0. The molecule has 0 saturated heterocycles. The number of imide groups is 1. The molecular weight excluding hydrogens is 272 g/mol. The van der Waals surface area contributed by atoms with Crippen LogP contribution < -0.4 is 4.90 Å². The SMILES string of the molecule is Cc1cccc(N2C(=O)c3cccnc3C2=O)c1C(=O)O. The molecule has 0 aliphatic carbocycles. The summed E-state index contributed by atoms with van der Waals surface area (Å²) in [5, 5.41) is 9.33. The van der Waals surface area contributed by atoms with Crippen LogP contribution in [-0.2, 0) is 0 Å². The van der Waals surface area contributed by atoms with Crippen molar-refractivity contribution >= 4 is 23.5 Å². The number of benzene rings is 1. The molecule has 2 amide bonds. The van der Waals surface area contributed by atoms with Crippen LogP contribution in [0.5, 0.6) is 0 Å². The first-order valence-corrected chi connectivity index (χ1v) is 6.19. The number of carboxylic acids is 1. The molecule has 1 aromatic carbocycles. The van der Waals surface area contributed by atoms with Gasteiger partial charge in [-0.15, -0.1) is 0 Å². The Bertz CT molecular complexity index is 763. The number of aromatic nitrogens is 1. The second kappa shape index (κ2) is 4.52. The van der Waals surface area contributed by atoms with Crippen LogP contribution in [0.3, 0.4) is 0 Å². The second-order valence-corrected chi connectivity index (χ2v) is 4.62. The van der Waals surface area contributed by atoms with E-state index in [1.54, 1.807) is 25.1 Å². The third-order valence-electron chi connectivity index (χ3n) is 3.35. The number of carboxylic acid groups (broad SMARTS) is 1. The van der Waals surface area contributed by atoms with Crippen molar-refractivity contribution in [3.8, 4) is 0 Å². The topological polar surface area (TPSA) is 87.6 Å². The van der Waals surface area contributed by atoms with Gasteiger partial charge in [0.25, 0.3) is 11.8 Å². The first kappa shape index (κ1) is 13.0. The number of aromatic carboxylic acids is 1. The molecule has 1 aliphatic heterocycles. The van der Waals surface area contributed by atoms with Gasteiger partial charge in [0.2, 0.25) is 0 Å². The molecule has 6 nitrogen and oxygen atoms in total. The average Bonchev–Trinajstić information content (AvgIpc) is 2.71. The molecule has 2 heterocycles. The van der Waals surface area contributed by atoms with Crippen LogP contribution in [-0.4, -0.2) is 27.9 Å². The maximum Gasteiger partial charge on any atom is 0.338 e. The molecule has 0 spiro atoms. The van der Waals surface area contributed by atoms with Gasteiger partial charge in [0.05, 0.1) is 16.8 Å². The van der Waals surface area contributed by atoms with Crippen molar-refractivity contribution in [3.05, 3.63) is 58.9 Å². The number of pyridine rings is 1. The number of rotatable bonds is 2. The van der Waals surface area contributed by atoms with Crippen molar-refractivity contribution in [1.29, 1.82) is 0 Å². The van der Waals surface area contributed by atoms with Crippen LogP contribution in [0.4, 0.5) is 5.69 Å². The molecule has 1 N–H and O–H groups in total. The summed E-state index contributed by atoms with van der Waals surface area (Å²) < 4.78 is 0. The number of amides is 2. The quantitative estimate of drug-likeness (QED) is 0.850. The lowest BCUT2D eigenvalue weighted by atomic mass is 10.1. The summed E-state index contributed by atoms with van der Waals surface area (Å²) in [5.74, 6) is -2.35. The summed E-state index contributed by atoms with van der Waals surface area (Å²) in [6.07, 6.45) is 1.42. The number of hydrogen-bond donors (Lipinski definition) is 1. The summed E-state index contributed by atoms with van der Waals surface area (Å²) in [6.45, 7) is 1.61. The number of anilines is 1. The van der Waals surface area contributed by atoms with E-state index in [-0.39, 0.29) is 22.5 Å². The van der Waals surface area contributed by atoms with Crippen LogP contribution in [0.1, 0.15) is 36.8 Å². The third kappa shape index (κ3) is 1.80. The fraction of sp³-hybridized carbons (Fsp3) is 0.0667. The summed E-state index contributed by atoms with van der Waals surface area (Å²) in [6, 6.07) is 7.72. The standard InChI is InChI=1S/C15H10N2O4/c1-8-4-2-6-10(11(8)15(20)21)17-13(18)9-5-3-7-16-12(9)14(17)19/h2-7H,1H3,(H,20,21). The van der Waals surface area contributed by atoms with E-state index in [0.29, 0.717) is 5.56 Å². The highest BCUT2D eigenvalue weighted by Crippen LogP contribution is 2.31. The minimum absolute atomic E-state index is 0.0420. The average molecular weight is 282 g/mol. The van der Waals surface area contributed by atoms with Gasteiger partial charge in [-0.3, -0.25) is 14.6 Å². The Kier molecular flexibility index (Phi) is 2.79. The second-order valence-electron chi connectivity index (χ2n) is 4.62. The molecule has 0 saturated carbocycles. The predicted molar refractivity (Wildman–Crippen MR) is 73.5 cm³/mol. The highest BCUT2D eigenvalue weighted by molar-refractivity contribution is 6.34. The van der Waals surface area contributed by atoms with Gasteiger partial charge in [0.15, 0.2) is 0 Å². The highest BCUT2D eigenvalue weighted by atomic mass is 16.4. The Hall–Kier alpha value is -3.02. The van der Waals surface area contributed by atoms with Gasteiger partial charge in [-0.25, -0.2) is 9.69 Å². The Balaban J connectivity index is 2.21. The van der Waals surface area contributed by atoms with E-state index in [2.05, 4.69) is 4.98 Å². The lowest BCUT2D eigenvalue weighted by Gasteiger charge is -2.17. The zero-order valence-electron chi connectivity index (χ0n) is 11.0. The molecule has 3 rings (SSSR count). The van der Waals surface area contributed by atoms with E-state index in [1.165, 1.54) is 18.3 Å². The van der Waals surface area contributed by atoms with Crippen molar-refractivity contribution in [1.82, 2.24) is 4.98 Å². The molecular formula is C15H10N2O4. The fourth-order valence-corrected chi connectivity index (χ4v) is 2.40. The van der Waals surface area contributed by atoms with Crippen molar-refractivity contribution in [2.24, 2.45) is 0 Å². The first-order valence-electron chi connectivity index (χ1n) is 6.19. The van der Waals surface area contributed by atoms with Crippen LogP contribution >= 0.6 is 0 Å². The molecule has 0 bridgehead atoms. The van der Waals surface area contributed by atoms with Gasteiger partial charge in [-0.05, 0) is 30.7 Å². The maximum absolute atomic E-state index is 12.4. The minimum atomic E-state index is -1.19. The van der Waals surface area contributed by atoms with E-state index in [1.807, 2.05) is 0 Å². The fourth-order valence-electron chi connectivity index (χ4n) is 2.40. The van der Waals surface area contributed by atoms with Gasteiger partial charge < -0.3 is 5.11 Å². The molecule has 6 heteroatoms. The normalized spacial score (nSPS) is 13.5. The van der Waals surface area contributed by atoms with Gasteiger partial charge >= 0.3 is 5.97 Å². The van der Waals surface area contributed by atoms with E-state index < -0.39 is 17.8 Å². The van der Waals surface area contributed by atoms with Gasteiger partial charge in [-0.2, -0.15) is 0 Å². The number of carbonyl (C=O) groups is 3. The van der Waals surface area contributed by atoms with Gasteiger partial charge in [-0.1, -0.05) is 12.1 Å². The van der Waals surface area contributed by atoms with Crippen molar-refractivity contribution in [3.63, 3.8) is 0 Å². The Morgan fingerprint density at radius 1 is 1.14 bits per heavy atom.